The Labute approximate surface area is 132 Å². The zero-order chi connectivity index (χ0) is 15.8. The molecule has 2 rings (SSSR count). The Morgan fingerprint density at radius 2 is 2.09 bits per heavy atom. The number of rotatable bonds is 8. The van der Waals surface area contributed by atoms with Crippen LogP contribution in [0.25, 0.3) is 0 Å². The Morgan fingerprint density at radius 3 is 2.73 bits per heavy atom. The normalized spacial score (nSPS) is 20.8. The smallest absolute Gasteiger partial charge is 0.223 e. The molecule has 0 saturated heterocycles. The average Bonchev–Trinajstić information content (AvgIpc) is 2.97. The van der Waals surface area contributed by atoms with Crippen LogP contribution in [0.1, 0.15) is 31.2 Å². The van der Waals surface area contributed by atoms with E-state index >= 15 is 0 Å². The third-order valence-electron chi connectivity index (χ3n) is 4.04. The number of ether oxygens (including phenoxy) is 2. The van der Waals surface area contributed by atoms with Crippen LogP contribution in [0.5, 0.6) is 5.75 Å². The van der Waals surface area contributed by atoms with Gasteiger partial charge in [-0.15, -0.1) is 0 Å². The van der Waals surface area contributed by atoms with Gasteiger partial charge in [0.15, 0.2) is 0 Å². The summed E-state index contributed by atoms with van der Waals surface area (Å²) in [5, 5.41) is 2.97. The van der Waals surface area contributed by atoms with E-state index in [2.05, 4.69) is 5.32 Å². The summed E-state index contributed by atoms with van der Waals surface area (Å²) in [7, 11) is 1.65. The van der Waals surface area contributed by atoms with Crippen molar-refractivity contribution in [1.29, 1.82) is 0 Å². The summed E-state index contributed by atoms with van der Waals surface area (Å²) in [6.45, 7) is 1.87. The van der Waals surface area contributed by atoms with Crippen molar-refractivity contribution in [3.8, 4) is 5.75 Å². The lowest BCUT2D eigenvalue weighted by Gasteiger charge is -2.11. The molecule has 1 aliphatic carbocycles. The molecule has 5 nitrogen and oxygen atoms in total. The molecule has 0 heterocycles. The van der Waals surface area contributed by atoms with E-state index in [9.17, 15) is 4.79 Å². The van der Waals surface area contributed by atoms with E-state index in [-0.39, 0.29) is 17.9 Å². The maximum absolute atomic E-state index is 11.9. The first-order valence-electron chi connectivity index (χ1n) is 7.93. The van der Waals surface area contributed by atoms with Crippen LogP contribution in [0, 0.1) is 5.92 Å². The minimum Gasteiger partial charge on any atom is -0.497 e. The van der Waals surface area contributed by atoms with Crippen LogP contribution in [-0.2, 0) is 16.1 Å². The zero-order valence-corrected chi connectivity index (χ0v) is 13.2. The van der Waals surface area contributed by atoms with E-state index in [1.165, 1.54) is 0 Å². The number of benzene rings is 1. The molecule has 3 N–H and O–H groups in total. The van der Waals surface area contributed by atoms with Crippen LogP contribution in [0.4, 0.5) is 0 Å². The second kappa shape index (κ2) is 8.76. The van der Waals surface area contributed by atoms with Gasteiger partial charge in [0.05, 0.1) is 13.7 Å². The van der Waals surface area contributed by atoms with Gasteiger partial charge >= 0.3 is 0 Å². The van der Waals surface area contributed by atoms with Crippen LogP contribution in [0.15, 0.2) is 24.3 Å². The fraction of sp³-hybridized carbons (Fsp3) is 0.588. The molecule has 1 saturated carbocycles. The van der Waals surface area contributed by atoms with Gasteiger partial charge in [-0.05, 0) is 43.4 Å². The molecule has 2 unspecified atom stereocenters. The molecule has 0 radical (unpaired) electrons. The maximum Gasteiger partial charge on any atom is 0.223 e. The van der Waals surface area contributed by atoms with E-state index in [4.69, 9.17) is 15.2 Å². The summed E-state index contributed by atoms with van der Waals surface area (Å²) in [5.41, 5.74) is 6.94. The molecule has 1 aliphatic rings. The standard InChI is InChI=1S/C17H26N2O3/c1-21-16-7-3-13(4-8-16)12-22-10-2-9-19-17(20)14-5-6-15(18)11-14/h3-4,7-8,14-15H,2,5-6,9-12,18H2,1H3,(H,19,20). The molecule has 1 fully saturated rings. The minimum absolute atomic E-state index is 0.107. The number of carbonyl (C=O) groups is 1. The van der Waals surface area contributed by atoms with Crippen molar-refractivity contribution in [1.82, 2.24) is 5.32 Å². The predicted molar refractivity (Wildman–Crippen MR) is 85.6 cm³/mol. The summed E-state index contributed by atoms with van der Waals surface area (Å²) >= 11 is 0. The molecule has 0 bridgehead atoms. The molecular weight excluding hydrogens is 280 g/mol. The van der Waals surface area contributed by atoms with Gasteiger partial charge in [-0.3, -0.25) is 4.79 Å². The lowest BCUT2D eigenvalue weighted by atomic mass is 10.1. The molecule has 0 aliphatic heterocycles. The van der Waals surface area contributed by atoms with Gasteiger partial charge in [0.1, 0.15) is 5.75 Å². The highest BCUT2D eigenvalue weighted by Gasteiger charge is 2.27. The Morgan fingerprint density at radius 1 is 1.32 bits per heavy atom. The predicted octanol–water partition coefficient (Wildman–Crippen LogP) is 1.85. The van der Waals surface area contributed by atoms with Crippen molar-refractivity contribution in [2.45, 2.75) is 38.3 Å². The highest BCUT2D eigenvalue weighted by atomic mass is 16.5. The Hall–Kier alpha value is -1.59. The number of nitrogens with two attached hydrogens (primary N) is 1. The van der Waals surface area contributed by atoms with Gasteiger partial charge in [-0.2, -0.15) is 0 Å². The number of nitrogens with one attached hydrogen (secondary N) is 1. The maximum atomic E-state index is 11.9. The van der Waals surface area contributed by atoms with E-state index in [1.54, 1.807) is 7.11 Å². The number of hydrogen-bond acceptors (Lipinski definition) is 4. The highest BCUT2D eigenvalue weighted by molar-refractivity contribution is 5.78. The van der Waals surface area contributed by atoms with Gasteiger partial charge in [0.2, 0.25) is 5.91 Å². The van der Waals surface area contributed by atoms with Crippen LogP contribution >= 0.6 is 0 Å². The topological polar surface area (TPSA) is 73.6 Å². The second-order valence-corrected chi connectivity index (χ2v) is 5.82. The number of amides is 1. The van der Waals surface area contributed by atoms with Crippen molar-refractivity contribution < 1.29 is 14.3 Å². The highest BCUT2D eigenvalue weighted by Crippen LogP contribution is 2.23. The fourth-order valence-corrected chi connectivity index (χ4v) is 2.70. The number of carbonyl (C=O) groups excluding carboxylic acids is 1. The molecular formula is C17H26N2O3. The lowest BCUT2D eigenvalue weighted by molar-refractivity contribution is -0.124. The summed E-state index contributed by atoms with van der Waals surface area (Å²) in [6.07, 6.45) is 3.52. The van der Waals surface area contributed by atoms with E-state index in [0.29, 0.717) is 19.8 Å². The molecule has 2 atom stereocenters. The monoisotopic (exact) mass is 306 g/mol. The SMILES string of the molecule is COc1ccc(COCCCNC(=O)C2CCC(N)C2)cc1. The summed E-state index contributed by atoms with van der Waals surface area (Å²) in [5.74, 6) is 1.09. The van der Waals surface area contributed by atoms with Crippen LogP contribution in [0.3, 0.4) is 0 Å². The molecule has 1 aromatic carbocycles. The van der Waals surface area contributed by atoms with Crippen molar-refractivity contribution in [2.24, 2.45) is 11.7 Å². The molecule has 1 aromatic rings. The van der Waals surface area contributed by atoms with Crippen molar-refractivity contribution in [3.63, 3.8) is 0 Å². The van der Waals surface area contributed by atoms with E-state index < -0.39 is 0 Å². The average molecular weight is 306 g/mol. The summed E-state index contributed by atoms with van der Waals surface area (Å²) < 4.78 is 10.7. The van der Waals surface area contributed by atoms with Gasteiger partial charge < -0.3 is 20.5 Å². The Bertz CT molecular complexity index is 461. The second-order valence-electron chi connectivity index (χ2n) is 5.82. The first-order valence-corrected chi connectivity index (χ1v) is 7.93. The third-order valence-corrected chi connectivity index (χ3v) is 4.04. The summed E-state index contributed by atoms with van der Waals surface area (Å²) in [4.78, 5) is 11.9. The number of methoxy groups -OCH3 is 1. The molecule has 122 valence electrons. The molecule has 0 aromatic heterocycles. The lowest BCUT2D eigenvalue weighted by Crippen LogP contribution is -2.31. The van der Waals surface area contributed by atoms with E-state index in [0.717, 1.165) is 37.0 Å². The quantitative estimate of drug-likeness (QED) is 0.719. The Balaban J connectivity index is 1.52. The summed E-state index contributed by atoms with van der Waals surface area (Å²) in [6, 6.07) is 8.02. The largest absolute Gasteiger partial charge is 0.497 e. The first kappa shape index (κ1) is 16.8. The van der Waals surface area contributed by atoms with Crippen LogP contribution < -0.4 is 15.8 Å². The fourth-order valence-electron chi connectivity index (χ4n) is 2.70. The van der Waals surface area contributed by atoms with Crippen molar-refractivity contribution in [2.75, 3.05) is 20.3 Å². The van der Waals surface area contributed by atoms with Gasteiger partial charge in [-0.25, -0.2) is 0 Å². The Kier molecular flexibility index (Phi) is 6.68. The van der Waals surface area contributed by atoms with Crippen LogP contribution in [0.2, 0.25) is 0 Å². The molecule has 5 heteroatoms. The third kappa shape index (κ3) is 5.31. The van der Waals surface area contributed by atoms with Gasteiger partial charge in [0, 0.05) is 25.1 Å². The van der Waals surface area contributed by atoms with E-state index in [1.807, 2.05) is 24.3 Å². The molecule has 22 heavy (non-hydrogen) atoms. The zero-order valence-electron chi connectivity index (χ0n) is 13.2. The van der Waals surface area contributed by atoms with Gasteiger partial charge in [0.25, 0.3) is 0 Å². The van der Waals surface area contributed by atoms with Gasteiger partial charge in [-0.1, -0.05) is 12.1 Å². The number of hydrogen-bond donors (Lipinski definition) is 2. The minimum atomic E-state index is 0.107. The molecule has 1 amide bonds. The first-order chi connectivity index (χ1) is 10.7. The van der Waals surface area contributed by atoms with Crippen molar-refractivity contribution >= 4 is 5.91 Å². The van der Waals surface area contributed by atoms with Crippen LogP contribution in [-0.4, -0.2) is 32.2 Å². The van der Waals surface area contributed by atoms with Crippen molar-refractivity contribution in [3.05, 3.63) is 29.8 Å². The molecule has 0 spiro atoms.